The second-order valence-electron chi connectivity index (χ2n) is 7.45. The number of amides is 1. The van der Waals surface area contributed by atoms with Crippen LogP contribution in [0, 0.1) is 6.92 Å². The molecule has 0 saturated heterocycles. The maximum absolute atomic E-state index is 12.8. The molecular formula is C23H24N4O. The third-order valence-electron chi connectivity index (χ3n) is 5.19. The molecule has 142 valence electrons. The van der Waals surface area contributed by atoms with Crippen molar-refractivity contribution < 1.29 is 4.79 Å². The number of hydrogen-bond acceptors (Lipinski definition) is 4. The molecule has 0 aliphatic carbocycles. The van der Waals surface area contributed by atoms with Gasteiger partial charge < -0.3 is 10.2 Å². The van der Waals surface area contributed by atoms with Gasteiger partial charge in [0.15, 0.2) is 0 Å². The zero-order valence-corrected chi connectivity index (χ0v) is 16.4. The molecule has 28 heavy (non-hydrogen) atoms. The van der Waals surface area contributed by atoms with Crippen LogP contribution < -0.4 is 10.2 Å². The molecule has 5 heteroatoms. The van der Waals surface area contributed by atoms with E-state index in [1.54, 1.807) is 12.4 Å². The van der Waals surface area contributed by atoms with Gasteiger partial charge in [-0.1, -0.05) is 50.2 Å². The Labute approximate surface area is 165 Å². The van der Waals surface area contributed by atoms with Gasteiger partial charge in [-0.3, -0.25) is 4.79 Å². The van der Waals surface area contributed by atoms with E-state index in [-0.39, 0.29) is 5.91 Å². The van der Waals surface area contributed by atoms with Crippen molar-refractivity contribution >= 4 is 23.2 Å². The number of nitrogens with one attached hydrogen (secondary N) is 1. The highest BCUT2D eigenvalue weighted by Gasteiger charge is 2.22. The van der Waals surface area contributed by atoms with Gasteiger partial charge in [-0.2, -0.15) is 0 Å². The number of rotatable bonds is 4. The van der Waals surface area contributed by atoms with E-state index in [9.17, 15) is 4.79 Å². The minimum Gasteiger partial charge on any atom is -0.321 e. The largest absolute Gasteiger partial charge is 0.321 e. The first-order chi connectivity index (χ1) is 13.5. The Balaban J connectivity index is 1.55. The summed E-state index contributed by atoms with van der Waals surface area (Å²) in [6.07, 6.45) is 4.19. The molecule has 0 saturated carbocycles. The zero-order valence-electron chi connectivity index (χ0n) is 16.4. The monoisotopic (exact) mass is 372 g/mol. The Hall–Kier alpha value is -3.21. The van der Waals surface area contributed by atoms with Crippen molar-refractivity contribution in [2.24, 2.45) is 0 Å². The van der Waals surface area contributed by atoms with Crippen molar-refractivity contribution in [2.45, 2.75) is 33.1 Å². The summed E-state index contributed by atoms with van der Waals surface area (Å²) in [4.78, 5) is 23.8. The van der Waals surface area contributed by atoms with Crippen molar-refractivity contribution in [1.82, 2.24) is 9.97 Å². The van der Waals surface area contributed by atoms with Crippen LogP contribution >= 0.6 is 0 Å². The molecule has 5 nitrogen and oxygen atoms in total. The van der Waals surface area contributed by atoms with Gasteiger partial charge in [-0.15, -0.1) is 0 Å². The Morgan fingerprint density at radius 3 is 2.57 bits per heavy atom. The van der Waals surface area contributed by atoms with Gasteiger partial charge in [-0.05, 0) is 42.0 Å². The third-order valence-corrected chi connectivity index (χ3v) is 5.19. The first-order valence-electron chi connectivity index (χ1n) is 9.63. The maximum Gasteiger partial charge on any atom is 0.258 e. The first-order valence-corrected chi connectivity index (χ1v) is 9.63. The van der Waals surface area contributed by atoms with E-state index < -0.39 is 0 Å². The molecule has 0 fully saturated rings. The molecule has 1 aliphatic rings. The van der Waals surface area contributed by atoms with E-state index in [1.165, 1.54) is 5.56 Å². The lowest BCUT2D eigenvalue weighted by Crippen LogP contribution is -2.19. The molecule has 4 rings (SSSR count). The highest BCUT2D eigenvalue weighted by atomic mass is 16.1. The molecule has 0 unspecified atom stereocenters. The number of aromatic nitrogens is 2. The minimum atomic E-state index is -0.190. The quantitative estimate of drug-likeness (QED) is 0.711. The average Bonchev–Trinajstić information content (AvgIpc) is 3.13. The SMILES string of the molecule is Cc1cccc(C(C)C)c1NC(=O)c1cnc(N2CCc3ccccc32)nc1. The smallest absolute Gasteiger partial charge is 0.258 e. The van der Waals surface area contributed by atoms with Crippen molar-refractivity contribution in [3.05, 3.63) is 77.1 Å². The lowest BCUT2D eigenvalue weighted by molar-refractivity contribution is 0.102. The van der Waals surface area contributed by atoms with Crippen LogP contribution in [-0.2, 0) is 6.42 Å². The molecule has 0 atom stereocenters. The summed E-state index contributed by atoms with van der Waals surface area (Å²) in [5, 5.41) is 3.05. The fraction of sp³-hybridized carbons (Fsp3) is 0.261. The summed E-state index contributed by atoms with van der Waals surface area (Å²) in [6, 6.07) is 14.4. The Morgan fingerprint density at radius 2 is 1.82 bits per heavy atom. The van der Waals surface area contributed by atoms with Gasteiger partial charge >= 0.3 is 0 Å². The maximum atomic E-state index is 12.8. The van der Waals surface area contributed by atoms with E-state index in [4.69, 9.17) is 0 Å². The number of aryl methyl sites for hydroxylation is 1. The Morgan fingerprint density at radius 1 is 1.07 bits per heavy atom. The van der Waals surface area contributed by atoms with Crippen molar-refractivity contribution in [3.63, 3.8) is 0 Å². The molecule has 0 radical (unpaired) electrons. The molecule has 1 N–H and O–H groups in total. The summed E-state index contributed by atoms with van der Waals surface area (Å²) in [5.74, 6) is 0.758. The standard InChI is InChI=1S/C23H24N4O/c1-15(2)19-9-6-7-16(3)21(19)26-22(28)18-13-24-23(25-14-18)27-12-11-17-8-4-5-10-20(17)27/h4-10,13-15H,11-12H2,1-3H3,(H,26,28). The van der Waals surface area contributed by atoms with Gasteiger partial charge in [0.25, 0.3) is 5.91 Å². The normalized spacial score (nSPS) is 12.9. The number of para-hydroxylation sites is 2. The van der Waals surface area contributed by atoms with E-state index >= 15 is 0 Å². The minimum absolute atomic E-state index is 0.190. The van der Waals surface area contributed by atoms with E-state index in [0.717, 1.165) is 35.5 Å². The Bertz CT molecular complexity index is 1010. The summed E-state index contributed by atoms with van der Waals surface area (Å²) in [7, 11) is 0. The van der Waals surface area contributed by atoms with Gasteiger partial charge in [0.1, 0.15) is 0 Å². The fourth-order valence-corrected chi connectivity index (χ4v) is 3.65. The van der Waals surface area contributed by atoms with Crippen molar-refractivity contribution in [1.29, 1.82) is 0 Å². The van der Waals surface area contributed by atoms with Crippen LogP contribution in [0.3, 0.4) is 0 Å². The number of benzene rings is 2. The van der Waals surface area contributed by atoms with Crippen LogP contribution in [0.1, 0.15) is 46.8 Å². The molecule has 1 aromatic heterocycles. The highest BCUT2D eigenvalue weighted by Crippen LogP contribution is 2.32. The van der Waals surface area contributed by atoms with E-state index in [0.29, 0.717) is 17.4 Å². The van der Waals surface area contributed by atoms with Gasteiger partial charge in [0, 0.05) is 30.3 Å². The summed E-state index contributed by atoms with van der Waals surface area (Å²) < 4.78 is 0. The molecule has 0 spiro atoms. The van der Waals surface area contributed by atoms with Crippen LogP contribution in [0.5, 0.6) is 0 Å². The van der Waals surface area contributed by atoms with Crippen LogP contribution in [0.2, 0.25) is 0 Å². The van der Waals surface area contributed by atoms with Crippen molar-refractivity contribution in [3.8, 4) is 0 Å². The van der Waals surface area contributed by atoms with Gasteiger partial charge in [0.2, 0.25) is 5.95 Å². The molecule has 2 aromatic carbocycles. The number of nitrogens with zero attached hydrogens (tertiary/aromatic N) is 3. The van der Waals surface area contributed by atoms with Crippen LogP contribution in [0.15, 0.2) is 54.9 Å². The van der Waals surface area contributed by atoms with Crippen LogP contribution in [0.4, 0.5) is 17.3 Å². The summed E-state index contributed by atoms with van der Waals surface area (Å²) >= 11 is 0. The first kappa shape index (κ1) is 18.2. The van der Waals surface area contributed by atoms with E-state index in [2.05, 4.69) is 52.2 Å². The average molecular weight is 372 g/mol. The van der Waals surface area contributed by atoms with Gasteiger partial charge in [0.05, 0.1) is 5.56 Å². The topological polar surface area (TPSA) is 58.1 Å². The third kappa shape index (κ3) is 3.36. The number of fused-ring (bicyclic) bond motifs is 1. The lowest BCUT2D eigenvalue weighted by atomic mass is 9.98. The molecule has 0 bridgehead atoms. The Kier molecular flexibility index (Phi) is 4.82. The second-order valence-corrected chi connectivity index (χ2v) is 7.45. The van der Waals surface area contributed by atoms with Crippen molar-refractivity contribution in [2.75, 3.05) is 16.8 Å². The number of anilines is 3. The molecule has 2 heterocycles. The summed E-state index contributed by atoms with van der Waals surface area (Å²) in [6.45, 7) is 7.10. The van der Waals surface area contributed by atoms with Crippen LogP contribution in [0.25, 0.3) is 0 Å². The number of carbonyl (C=O) groups excluding carboxylic acids is 1. The molecule has 3 aromatic rings. The summed E-state index contributed by atoms with van der Waals surface area (Å²) in [5.41, 5.74) is 5.94. The predicted octanol–water partition coefficient (Wildman–Crippen LogP) is 4.85. The van der Waals surface area contributed by atoms with Gasteiger partial charge in [-0.25, -0.2) is 9.97 Å². The molecular weight excluding hydrogens is 348 g/mol. The number of hydrogen-bond donors (Lipinski definition) is 1. The fourth-order valence-electron chi connectivity index (χ4n) is 3.65. The van der Waals surface area contributed by atoms with Crippen LogP contribution in [-0.4, -0.2) is 22.4 Å². The lowest BCUT2D eigenvalue weighted by Gasteiger charge is -2.18. The molecule has 1 amide bonds. The number of carbonyl (C=O) groups is 1. The molecule has 1 aliphatic heterocycles. The highest BCUT2D eigenvalue weighted by molar-refractivity contribution is 6.04. The van der Waals surface area contributed by atoms with E-state index in [1.807, 2.05) is 31.2 Å². The predicted molar refractivity (Wildman–Crippen MR) is 112 cm³/mol. The second kappa shape index (κ2) is 7.43. The zero-order chi connectivity index (χ0) is 19.7.